The quantitative estimate of drug-likeness (QED) is 0.774. The molecule has 96 valence electrons. The highest BCUT2D eigenvalue weighted by atomic mass is 19.1. The smallest absolute Gasteiger partial charge is 0.197 e. The van der Waals surface area contributed by atoms with Crippen molar-refractivity contribution in [1.82, 2.24) is 4.98 Å². The van der Waals surface area contributed by atoms with Crippen molar-refractivity contribution in [3.63, 3.8) is 0 Å². The van der Waals surface area contributed by atoms with E-state index in [9.17, 15) is 4.39 Å². The molecule has 0 bridgehead atoms. The lowest BCUT2D eigenvalue weighted by Gasteiger charge is -2.03. The van der Waals surface area contributed by atoms with Crippen LogP contribution in [0.25, 0.3) is 11.1 Å². The molecule has 0 saturated heterocycles. The van der Waals surface area contributed by atoms with Gasteiger partial charge in [-0.05, 0) is 24.3 Å². The Morgan fingerprint density at radius 3 is 2.79 bits per heavy atom. The number of halogens is 1. The maximum absolute atomic E-state index is 13.0. The van der Waals surface area contributed by atoms with Gasteiger partial charge < -0.3 is 9.73 Å². The molecule has 0 aliphatic carbocycles. The molecule has 0 amide bonds. The van der Waals surface area contributed by atoms with E-state index in [0.29, 0.717) is 23.4 Å². The van der Waals surface area contributed by atoms with Gasteiger partial charge in [-0.25, -0.2) is 9.37 Å². The van der Waals surface area contributed by atoms with Gasteiger partial charge in [0, 0.05) is 24.7 Å². The Hall–Kier alpha value is -2.36. The van der Waals surface area contributed by atoms with Crippen molar-refractivity contribution < 1.29 is 8.81 Å². The summed E-state index contributed by atoms with van der Waals surface area (Å²) in [4.78, 5) is 4.31. The zero-order valence-corrected chi connectivity index (χ0v) is 10.3. The predicted octanol–water partition coefficient (Wildman–Crippen LogP) is 3.62. The summed E-state index contributed by atoms with van der Waals surface area (Å²) in [6.07, 6.45) is 0.658. The van der Waals surface area contributed by atoms with E-state index in [1.165, 1.54) is 12.1 Å². The number of rotatable bonds is 4. The average molecular weight is 256 g/mol. The van der Waals surface area contributed by atoms with E-state index in [1.54, 1.807) is 6.07 Å². The van der Waals surface area contributed by atoms with Crippen molar-refractivity contribution in [3.8, 4) is 0 Å². The van der Waals surface area contributed by atoms with Crippen LogP contribution in [0.5, 0.6) is 0 Å². The first-order valence-corrected chi connectivity index (χ1v) is 6.15. The van der Waals surface area contributed by atoms with Crippen LogP contribution in [0.3, 0.4) is 0 Å². The fraction of sp³-hybridized carbons (Fsp3) is 0.133. The van der Waals surface area contributed by atoms with Gasteiger partial charge in [-0.1, -0.05) is 18.2 Å². The van der Waals surface area contributed by atoms with E-state index in [-0.39, 0.29) is 5.82 Å². The highest BCUT2D eigenvalue weighted by Gasteiger charge is 2.06. The molecule has 4 heteroatoms. The lowest BCUT2D eigenvalue weighted by atomic mass is 10.3. The van der Waals surface area contributed by atoms with Crippen LogP contribution in [-0.4, -0.2) is 11.5 Å². The monoisotopic (exact) mass is 256 g/mol. The first-order valence-electron chi connectivity index (χ1n) is 6.15. The Morgan fingerprint density at radius 1 is 1.11 bits per heavy atom. The molecule has 0 aliphatic rings. The third kappa shape index (κ3) is 2.73. The number of nitrogens with one attached hydrogen (secondary N) is 1. The van der Waals surface area contributed by atoms with E-state index in [2.05, 4.69) is 10.3 Å². The molecule has 0 fully saturated rings. The van der Waals surface area contributed by atoms with Crippen LogP contribution in [0.2, 0.25) is 0 Å². The van der Waals surface area contributed by atoms with E-state index in [4.69, 9.17) is 4.42 Å². The normalized spacial score (nSPS) is 10.8. The number of fused-ring (bicyclic) bond motifs is 1. The first kappa shape index (κ1) is 11.7. The summed E-state index contributed by atoms with van der Waals surface area (Å²) in [5, 5.41) is 3.27. The maximum atomic E-state index is 13.0. The summed E-state index contributed by atoms with van der Waals surface area (Å²) in [5.74, 6) is 0.307. The maximum Gasteiger partial charge on any atom is 0.197 e. The molecule has 3 nitrogen and oxygen atoms in total. The van der Waals surface area contributed by atoms with Crippen LogP contribution in [0.15, 0.2) is 52.9 Å². The minimum absolute atomic E-state index is 0.308. The largest absolute Gasteiger partial charge is 0.441 e. The van der Waals surface area contributed by atoms with Gasteiger partial charge >= 0.3 is 0 Å². The highest BCUT2D eigenvalue weighted by Crippen LogP contribution is 2.17. The molecular weight excluding hydrogens is 243 g/mol. The van der Waals surface area contributed by atoms with Crippen molar-refractivity contribution in [2.75, 3.05) is 11.9 Å². The van der Waals surface area contributed by atoms with Crippen molar-refractivity contribution in [2.24, 2.45) is 0 Å². The fourth-order valence-corrected chi connectivity index (χ4v) is 1.92. The number of nitrogens with zero attached hydrogens (tertiary/aromatic N) is 1. The predicted molar refractivity (Wildman–Crippen MR) is 72.6 cm³/mol. The molecule has 3 aromatic rings. The minimum Gasteiger partial charge on any atom is -0.441 e. The average Bonchev–Trinajstić information content (AvgIpc) is 2.82. The SMILES string of the molecule is Fc1ccc2nc(CCNc3ccccc3)oc2c1. The first-order chi connectivity index (χ1) is 9.31. The second-order valence-electron chi connectivity index (χ2n) is 4.26. The number of benzene rings is 2. The minimum atomic E-state index is -0.308. The topological polar surface area (TPSA) is 38.1 Å². The van der Waals surface area contributed by atoms with Crippen LogP contribution in [0.1, 0.15) is 5.89 Å². The van der Waals surface area contributed by atoms with Gasteiger partial charge in [0.15, 0.2) is 11.5 Å². The fourth-order valence-electron chi connectivity index (χ4n) is 1.92. The van der Waals surface area contributed by atoms with Crippen LogP contribution in [0, 0.1) is 5.82 Å². The van der Waals surface area contributed by atoms with Crippen molar-refractivity contribution in [2.45, 2.75) is 6.42 Å². The van der Waals surface area contributed by atoms with Crippen LogP contribution < -0.4 is 5.32 Å². The van der Waals surface area contributed by atoms with Crippen LogP contribution >= 0.6 is 0 Å². The molecule has 0 saturated carbocycles. The molecule has 2 aromatic carbocycles. The lowest BCUT2D eigenvalue weighted by Crippen LogP contribution is -2.04. The van der Waals surface area contributed by atoms with Crippen LogP contribution in [-0.2, 0) is 6.42 Å². The molecule has 0 spiro atoms. The molecule has 1 N–H and O–H groups in total. The molecule has 0 aliphatic heterocycles. The number of hydrogen-bond donors (Lipinski definition) is 1. The summed E-state index contributed by atoms with van der Waals surface area (Å²) in [7, 11) is 0. The molecule has 0 unspecified atom stereocenters. The zero-order chi connectivity index (χ0) is 13.1. The molecule has 0 radical (unpaired) electrons. The van der Waals surface area contributed by atoms with Crippen molar-refractivity contribution in [3.05, 3.63) is 60.2 Å². The Bertz CT molecular complexity index is 679. The van der Waals surface area contributed by atoms with Crippen LogP contribution in [0.4, 0.5) is 10.1 Å². The summed E-state index contributed by atoms with van der Waals surface area (Å²) < 4.78 is 18.5. The number of para-hydroxylation sites is 1. The second-order valence-corrected chi connectivity index (χ2v) is 4.26. The summed E-state index contributed by atoms with van der Waals surface area (Å²) in [5.41, 5.74) is 2.25. The van der Waals surface area contributed by atoms with Gasteiger partial charge in [-0.3, -0.25) is 0 Å². The molecule has 1 aromatic heterocycles. The van der Waals surface area contributed by atoms with Gasteiger partial charge in [0.25, 0.3) is 0 Å². The Labute approximate surface area is 110 Å². The van der Waals surface area contributed by atoms with Gasteiger partial charge in [-0.2, -0.15) is 0 Å². The number of hydrogen-bond acceptors (Lipinski definition) is 3. The zero-order valence-electron chi connectivity index (χ0n) is 10.3. The van der Waals surface area contributed by atoms with Gasteiger partial charge in [-0.15, -0.1) is 0 Å². The Balaban J connectivity index is 1.65. The van der Waals surface area contributed by atoms with E-state index >= 15 is 0 Å². The summed E-state index contributed by atoms with van der Waals surface area (Å²) in [6.45, 7) is 0.722. The van der Waals surface area contributed by atoms with Gasteiger partial charge in [0.05, 0.1) is 0 Å². The summed E-state index contributed by atoms with van der Waals surface area (Å²) >= 11 is 0. The number of anilines is 1. The Kier molecular flexibility index (Phi) is 3.14. The van der Waals surface area contributed by atoms with E-state index in [0.717, 1.165) is 12.2 Å². The molecule has 19 heavy (non-hydrogen) atoms. The molecular formula is C15H13FN2O. The van der Waals surface area contributed by atoms with E-state index in [1.807, 2.05) is 30.3 Å². The third-order valence-corrected chi connectivity index (χ3v) is 2.84. The highest BCUT2D eigenvalue weighted by molar-refractivity contribution is 5.72. The van der Waals surface area contributed by atoms with Crippen molar-refractivity contribution >= 4 is 16.8 Å². The molecule has 0 atom stereocenters. The molecule has 1 heterocycles. The Morgan fingerprint density at radius 2 is 1.95 bits per heavy atom. The number of oxazole rings is 1. The number of aromatic nitrogens is 1. The van der Waals surface area contributed by atoms with Gasteiger partial charge in [0.1, 0.15) is 11.3 Å². The lowest BCUT2D eigenvalue weighted by molar-refractivity contribution is 0.530. The van der Waals surface area contributed by atoms with Gasteiger partial charge in [0.2, 0.25) is 0 Å². The standard InChI is InChI=1S/C15H13FN2O/c16-11-6-7-13-14(10-11)19-15(18-13)8-9-17-12-4-2-1-3-5-12/h1-7,10,17H,8-9H2. The second kappa shape index (κ2) is 5.10. The summed E-state index contributed by atoms with van der Waals surface area (Å²) in [6, 6.07) is 14.3. The van der Waals surface area contributed by atoms with Crippen molar-refractivity contribution in [1.29, 1.82) is 0 Å². The molecule has 3 rings (SSSR count). The van der Waals surface area contributed by atoms with E-state index < -0.39 is 0 Å². The third-order valence-electron chi connectivity index (χ3n) is 2.84.